The normalized spacial score (nSPS) is 13.3. The van der Waals surface area contributed by atoms with Crippen molar-refractivity contribution in [2.75, 3.05) is 13.7 Å². The van der Waals surface area contributed by atoms with Gasteiger partial charge in [-0.2, -0.15) is 0 Å². The van der Waals surface area contributed by atoms with Crippen LogP contribution in [0.5, 0.6) is 5.75 Å². The average molecular weight is 650 g/mol. The molecule has 0 aliphatic rings. The molecular weight excluding hydrogens is 602 g/mol. The van der Waals surface area contributed by atoms with Crippen LogP contribution in [-0.4, -0.2) is 70.6 Å². The topological polar surface area (TPSA) is 151 Å². The Bertz CT molecular complexity index is 1400. The molecule has 4 N–H and O–H groups in total. The summed E-state index contributed by atoms with van der Waals surface area (Å²) in [5.41, 5.74) is 4.28. The van der Waals surface area contributed by atoms with Gasteiger partial charge in [-0.15, -0.1) is 0 Å². The summed E-state index contributed by atoms with van der Waals surface area (Å²) >= 11 is 0. The third-order valence-electron chi connectivity index (χ3n) is 6.98. The van der Waals surface area contributed by atoms with Gasteiger partial charge in [-0.05, 0) is 68.5 Å². The molecule has 3 unspecified atom stereocenters. The zero-order chi connectivity index (χ0) is 34.4. The fourth-order valence-corrected chi connectivity index (χ4v) is 4.63. The lowest BCUT2D eigenvalue weighted by molar-refractivity contribution is -0.125. The van der Waals surface area contributed by atoms with Crippen LogP contribution in [0.2, 0.25) is 0 Å². The number of pyridine rings is 1. The average Bonchev–Trinajstić information content (AvgIpc) is 3.02. The van der Waals surface area contributed by atoms with Crippen molar-refractivity contribution in [1.82, 2.24) is 26.1 Å². The van der Waals surface area contributed by atoms with Gasteiger partial charge >= 0.3 is 12.2 Å². The minimum atomic E-state index is -1.16. The summed E-state index contributed by atoms with van der Waals surface area (Å²) in [7, 11) is 1.58. The van der Waals surface area contributed by atoms with Crippen LogP contribution < -0.4 is 20.8 Å². The molecule has 0 aliphatic heterocycles. The number of nitrogens with one attached hydrogen (secondary N) is 3. The quantitative estimate of drug-likeness (QED) is 0.176. The molecule has 0 spiro atoms. The van der Waals surface area contributed by atoms with Crippen molar-refractivity contribution in [3.8, 4) is 5.75 Å². The summed E-state index contributed by atoms with van der Waals surface area (Å²) in [5.74, 6) is -0.107. The van der Waals surface area contributed by atoms with Crippen LogP contribution in [0, 0.1) is 5.92 Å². The number of aliphatic hydroxyl groups excluding tert-OH is 1. The number of amides is 3. The van der Waals surface area contributed by atoms with Gasteiger partial charge in [-0.1, -0.05) is 62.4 Å². The second-order valence-electron chi connectivity index (χ2n) is 12.5. The minimum Gasteiger partial charge on any atom is -0.497 e. The number of aromatic nitrogens is 1. The Morgan fingerprint density at radius 1 is 0.894 bits per heavy atom. The molecule has 254 valence electrons. The lowest BCUT2D eigenvalue weighted by Crippen LogP contribution is -2.57. The molecule has 0 bridgehead atoms. The second-order valence-corrected chi connectivity index (χ2v) is 12.5. The number of carbonyl (C=O) groups excluding carboxylic acids is 3. The van der Waals surface area contributed by atoms with Crippen LogP contribution in [0.3, 0.4) is 0 Å². The van der Waals surface area contributed by atoms with Crippen LogP contribution in [-0.2, 0) is 33.8 Å². The summed E-state index contributed by atoms with van der Waals surface area (Å²) in [5, 5.41) is 18.8. The first-order chi connectivity index (χ1) is 22.3. The molecule has 1 aromatic heterocycles. The lowest BCUT2D eigenvalue weighted by atomic mass is 9.98. The molecule has 0 radical (unpaired) electrons. The monoisotopic (exact) mass is 649 g/mol. The highest BCUT2D eigenvalue weighted by atomic mass is 16.6. The van der Waals surface area contributed by atoms with E-state index in [-0.39, 0.29) is 32.0 Å². The number of aliphatic hydroxyl groups is 1. The molecule has 0 aliphatic carbocycles. The van der Waals surface area contributed by atoms with Crippen molar-refractivity contribution in [3.05, 3.63) is 95.8 Å². The Hall–Kier alpha value is -4.68. The van der Waals surface area contributed by atoms with E-state index in [1.54, 1.807) is 78.3 Å². The van der Waals surface area contributed by atoms with E-state index in [4.69, 9.17) is 14.2 Å². The molecule has 1 heterocycles. The molecule has 0 saturated carbocycles. The molecule has 3 amide bonds. The van der Waals surface area contributed by atoms with Crippen molar-refractivity contribution >= 4 is 18.1 Å². The minimum absolute atomic E-state index is 0.0524. The largest absolute Gasteiger partial charge is 0.497 e. The van der Waals surface area contributed by atoms with E-state index < -0.39 is 41.9 Å². The number of hydrogen-bond acceptors (Lipinski definition) is 9. The van der Waals surface area contributed by atoms with Crippen LogP contribution in [0.1, 0.15) is 51.4 Å². The van der Waals surface area contributed by atoms with Crippen molar-refractivity contribution in [2.24, 2.45) is 5.92 Å². The number of benzene rings is 2. The highest BCUT2D eigenvalue weighted by molar-refractivity contribution is 5.86. The molecular formula is C35H47N5O7. The van der Waals surface area contributed by atoms with E-state index in [0.717, 1.165) is 11.1 Å². The molecule has 2 aromatic carbocycles. The highest BCUT2D eigenvalue weighted by Crippen LogP contribution is 2.15. The van der Waals surface area contributed by atoms with Gasteiger partial charge in [-0.25, -0.2) is 14.6 Å². The maximum atomic E-state index is 13.7. The van der Waals surface area contributed by atoms with E-state index in [9.17, 15) is 19.5 Å². The maximum Gasteiger partial charge on any atom is 0.422 e. The highest BCUT2D eigenvalue weighted by Gasteiger charge is 2.31. The number of hydrogen-bond donors (Lipinski definition) is 4. The molecule has 0 fully saturated rings. The number of hydrazine groups is 1. The van der Waals surface area contributed by atoms with Gasteiger partial charge < -0.3 is 30.0 Å². The Balaban J connectivity index is 1.78. The Labute approximate surface area is 276 Å². The Kier molecular flexibility index (Phi) is 14.0. The molecule has 3 rings (SSSR count). The van der Waals surface area contributed by atoms with Gasteiger partial charge in [0.25, 0.3) is 0 Å². The van der Waals surface area contributed by atoms with Crippen LogP contribution >= 0.6 is 0 Å². The predicted octanol–water partition coefficient (Wildman–Crippen LogP) is 4.37. The van der Waals surface area contributed by atoms with Crippen molar-refractivity contribution in [3.63, 3.8) is 0 Å². The standard InChI is InChI=1S/C35H47N5O7/c1-24(2)31(38-33(43)46-23-27-14-10-11-19-36-27)32(42)37-29(20-25-12-8-7-9-13-25)30(41)22-40(39-34(44)47-35(3,4)5)21-26-15-17-28(45-6)18-16-26/h7-19,24,29-31,41H,20-23H2,1-6H3,(H,37,42)(H,38,43)(H,39,44). The SMILES string of the molecule is COc1ccc(CN(CC(O)C(Cc2ccccc2)NC(=O)C(NC(=O)OCc2ccccn2)C(C)C)NC(=O)OC(C)(C)C)cc1. The summed E-state index contributed by atoms with van der Waals surface area (Å²) < 4.78 is 16.0. The second kappa shape index (κ2) is 17.9. The van der Waals surface area contributed by atoms with Gasteiger partial charge in [0.2, 0.25) is 5.91 Å². The zero-order valence-corrected chi connectivity index (χ0v) is 27.9. The van der Waals surface area contributed by atoms with Gasteiger partial charge in [0.15, 0.2) is 0 Å². The van der Waals surface area contributed by atoms with E-state index >= 15 is 0 Å². The summed E-state index contributed by atoms with van der Waals surface area (Å²) in [6.45, 7) is 8.99. The third-order valence-corrected chi connectivity index (χ3v) is 6.98. The summed E-state index contributed by atoms with van der Waals surface area (Å²) in [4.78, 5) is 43.2. The maximum absolute atomic E-state index is 13.7. The van der Waals surface area contributed by atoms with Crippen molar-refractivity contribution in [1.29, 1.82) is 0 Å². The Morgan fingerprint density at radius 3 is 2.17 bits per heavy atom. The molecule has 3 aromatic rings. The zero-order valence-electron chi connectivity index (χ0n) is 27.9. The number of alkyl carbamates (subject to hydrolysis) is 1. The summed E-state index contributed by atoms with van der Waals surface area (Å²) in [6.07, 6.45) is -0.727. The van der Waals surface area contributed by atoms with Gasteiger partial charge in [0.1, 0.15) is 24.0 Å². The number of ether oxygens (including phenoxy) is 3. The van der Waals surface area contributed by atoms with E-state index in [2.05, 4.69) is 21.0 Å². The Morgan fingerprint density at radius 2 is 1.57 bits per heavy atom. The molecule has 47 heavy (non-hydrogen) atoms. The fraction of sp³-hybridized carbons (Fsp3) is 0.429. The van der Waals surface area contributed by atoms with Gasteiger partial charge in [-0.3, -0.25) is 15.2 Å². The first-order valence-corrected chi connectivity index (χ1v) is 15.6. The first-order valence-electron chi connectivity index (χ1n) is 15.6. The van der Waals surface area contributed by atoms with Crippen molar-refractivity contribution in [2.45, 2.75) is 78.0 Å². The van der Waals surface area contributed by atoms with E-state index in [0.29, 0.717) is 11.4 Å². The molecule has 12 nitrogen and oxygen atoms in total. The van der Waals surface area contributed by atoms with Crippen LogP contribution in [0.4, 0.5) is 9.59 Å². The predicted molar refractivity (Wildman–Crippen MR) is 177 cm³/mol. The smallest absolute Gasteiger partial charge is 0.422 e. The number of nitrogens with zero attached hydrogens (tertiary/aromatic N) is 2. The number of methoxy groups -OCH3 is 1. The fourth-order valence-electron chi connectivity index (χ4n) is 4.63. The van der Waals surface area contributed by atoms with Crippen LogP contribution in [0.15, 0.2) is 79.0 Å². The van der Waals surface area contributed by atoms with Gasteiger partial charge in [0, 0.05) is 19.3 Å². The third kappa shape index (κ3) is 13.3. The molecule has 0 saturated heterocycles. The van der Waals surface area contributed by atoms with Crippen LogP contribution in [0.25, 0.3) is 0 Å². The molecule has 12 heteroatoms. The molecule has 3 atom stereocenters. The van der Waals surface area contributed by atoms with Crippen molar-refractivity contribution < 1.29 is 33.7 Å². The van der Waals surface area contributed by atoms with Gasteiger partial charge in [0.05, 0.1) is 24.9 Å². The first kappa shape index (κ1) is 36.8. The van der Waals surface area contributed by atoms with E-state index in [1.165, 1.54) is 5.01 Å². The summed E-state index contributed by atoms with van der Waals surface area (Å²) in [6, 6.07) is 20.2. The van der Waals surface area contributed by atoms with E-state index in [1.807, 2.05) is 42.5 Å². The number of rotatable bonds is 15. The number of carbonyl (C=O) groups is 3. The lowest BCUT2D eigenvalue weighted by Gasteiger charge is -2.32.